The van der Waals surface area contributed by atoms with Gasteiger partial charge in [-0.05, 0) is 18.6 Å². The van der Waals surface area contributed by atoms with Gasteiger partial charge in [0.25, 0.3) is 0 Å². The van der Waals surface area contributed by atoms with Crippen LogP contribution in [0.2, 0.25) is 0 Å². The highest BCUT2D eigenvalue weighted by Crippen LogP contribution is 2.30. The van der Waals surface area contributed by atoms with Crippen molar-refractivity contribution in [3.05, 3.63) is 33.9 Å². The van der Waals surface area contributed by atoms with E-state index in [-0.39, 0.29) is 17.4 Å². The molecule has 0 spiro atoms. The predicted octanol–water partition coefficient (Wildman–Crippen LogP) is 2.23. The van der Waals surface area contributed by atoms with Gasteiger partial charge >= 0.3 is 5.69 Å². The molecular formula is C10H10N2O3. The summed E-state index contributed by atoms with van der Waals surface area (Å²) >= 11 is 0. The molecule has 0 saturated heterocycles. The SMILES string of the molecule is COc1ccc(C(C)C#N)cc1[N+](=O)[O-]. The molecule has 0 aromatic heterocycles. The molecule has 0 radical (unpaired) electrons. The fourth-order valence-electron chi connectivity index (χ4n) is 1.19. The van der Waals surface area contributed by atoms with Crippen molar-refractivity contribution in [1.82, 2.24) is 0 Å². The molecule has 1 aromatic carbocycles. The molecule has 0 amide bonds. The third-order valence-electron chi connectivity index (χ3n) is 2.09. The maximum atomic E-state index is 10.7. The van der Waals surface area contributed by atoms with Gasteiger partial charge in [0.15, 0.2) is 5.75 Å². The number of nitro groups is 1. The van der Waals surface area contributed by atoms with Crippen LogP contribution >= 0.6 is 0 Å². The van der Waals surface area contributed by atoms with Gasteiger partial charge in [-0.25, -0.2) is 0 Å². The van der Waals surface area contributed by atoms with Crippen molar-refractivity contribution < 1.29 is 9.66 Å². The van der Waals surface area contributed by atoms with E-state index in [1.54, 1.807) is 13.0 Å². The van der Waals surface area contributed by atoms with Crippen molar-refractivity contribution in [3.63, 3.8) is 0 Å². The summed E-state index contributed by atoms with van der Waals surface area (Å²) in [5.74, 6) is -0.163. The van der Waals surface area contributed by atoms with E-state index in [0.717, 1.165) is 0 Å². The molecule has 1 rings (SSSR count). The van der Waals surface area contributed by atoms with Gasteiger partial charge in [-0.3, -0.25) is 10.1 Å². The second-order valence-electron chi connectivity index (χ2n) is 3.04. The highest BCUT2D eigenvalue weighted by molar-refractivity contribution is 5.50. The number of hydrogen-bond donors (Lipinski definition) is 0. The van der Waals surface area contributed by atoms with Crippen LogP contribution in [-0.4, -0.2) is 12.0 Å². The zero-order valence-corrected chi connectivity index (χ0v) is 8.43. The lowest BCUT2D eigenvalue weighted by Crippen LogP contribution is -1.97. The number of nitro benzene ring substituents is 1. The van der Waals surface area contributed by atoms with Gasteiger partial charge in [-0.15, -0.1) is 0 Å². The Kier molecular flexibility index (Phi) is 3.24. The van der Waals surface area contributed by atoms with Crippen LogP contribution < -0.4 is 4.74 Å². The van der Waals surface area contributed by atoms with Crippen LogP contribution in [0.15, 0.2) is 18.2 Å². The fourth-order valence-corrected chi connectivity index (χ4v) is 1.19. The molecule has 0 heterocycles. The first-order valence-electron chi connectivity index (χ1n) is 4.32. The largest absolute Gasteiger partial charge is 0.490 e. The average Bonchev–Trinajstić information content (AvgIpc) is 2.27. The zero-order chi connectivity index (χ0) is 11.4. The molecule has 1 atom stereocenters. The number of ether oxygens (including phenoxy) is 1. The lowest BCUT2D eigenvalue weighted by Gasteiger charge is -2.05. The average molecular weight is 206 g/mol. The van der Waals surface area contributed by atoms with Crippen LogP contribution in [0.3, 0.4) is 0 Å². The van der Waals surface area contributed by atoms with E-state index >= 15 is 0 Å². The van der Waals surface area contributed by atoms with Crippen LogP contribution in [0.4, 0.5) is 5.69 Å². The molecule has 0 N–H and O–H groups in total. The Bertz CT molecular complexity index is 423. The Morgan fingerprint density at radius 2 is 2.27 bits per heavy atom. The third kappa shape index (κ3) is 2.23. The molecule has 0 fully saturated rings. The molecular weight excluding hydrogens is 196 g/mol. The molecule has 0 bridgehead atoms. The molecule has 1 aromatic rings. The number of rotatable bonds is 3. The molecule has 15 heavy (non-hydrogen) atoms. The van der Waals surface area contributed by atoms with E-state index < -0.39 is 4.92 Å². The van der Waals surface area contributed by atoms with Crippen LogP contribution in [0.5, 0.6) is 5.75 Å². The van der Waals surface area contributed by atoms with Gasteiger partial charge in [0, 0.05) is 6.07 Å². The summed E-state index contributed by atoms with van der Waals surface area (Å²) in [7, 11) is 1.37. The topological polar surface area (TPSA) is 76.2 Å². The highest BCUT2D eigenvalue weighted by atomic mass is 16.6. The minimum Gasteiger partial charge on any atom is -0.490 e. The lowest BCUT2D eigenvalue weighted by molar-refractivity contribution is -0.385. The second kappa shape index (κ2) is 4.42. The number of methoxy groups -OCH3 is 1. The Balaban J connectivity index is 3.23. The van der Waals surface area contributed by atoms with Crippen LogP contribution in [0.25, 0.3) is 0 Å². The normalized spacial score (nSPS) is 11.5. The van der Waals surface area contributed by atoms with E-state index in [0.29, 0.717) is 5.56 Å². The second-order valence-corrected chi connectivity index (χ2v) is 3.04. The van der Waals surface area contributed by atoms with Crippen LogP contribution in [0, 0.1) is 21.4 Å². The summed E-state index contributed by atoms with van der Waals surface area (Å²) in [6.07, 6.45) is 0. The number of benzene rings is 1. The van der Waals surface area contributed by atoms with Crippen LogP contribution in [0.1, 0.15) is 18.4 Å². The fraction of sp³-hybridized carbons (Fsp3) is 0.300. The van der Waals surface area contributed by atoms with Crippen LogP contribution in [-0.2, 0) is 0 Å². The smallest absolute Gasteiger partial charge is 0.311 e. The maximum Gasteiger partial charge on any atom is 0.311 e. The lowest BCUT2D eigenvalue weighted by atomic mass is 10.0. The first-order chi connectivity index (χ1) is 7.10. The van der Waals surface area contributed by atoms with E-state index in [1.165, 1.54) is 19.2 Å². The van der Waals surface area contributed by atoms with E-state index in [9.17, 15) is 10.1 Å². The van der Waals surface area contributed by atoms with E-state index in [2.05, 4.69) is 0 Å². The molecule has 5 nitrogen and oxygen atoms in total. The number of hydrogen-bond acceptors (Lipinski definition) is 4. The van der Waals surface area contributed by atoms with Crippen molar-refractivity contribution in [2.24, 2.45) is 0 Å². The standard InChI is InChI=1S/C10H10N2O3/c1-7(6-11)8-3-4-10(15-2)9(5-8)12(13)14/h3-5,7H,1-2H3. The first-order valence-corrected chi connectivity index (χ1v) is 4.32. The van der Waals surface area contributed by atoms with Crippen molar-refractivity contribution in [1.29, 1.82) is 5.26 Å². The highest BCUT2D eigenvalue weighted by Gasteiger charge is 2.17. The number of nitriles is 1. The predicted molar refractivity (Wildman–Crippen MR) is 53.7 cm³/mol. The van der Waals surface area contributed by atoms with Gasteiger partial charge in [0.1, 0.15) is 0 Å². The van der Waals surface area contributed by atoms with Crippen molar-refractivity contribution in [2.75, 3.05) is 7.11 Å². The summed E-state index contributed by atoms with van der Waals surface area (Å²) in [5.41, 5.74) is 0.502. The molecule has 0 saturated carbocycles. The van der Waals surface area contributed by atoms with Crippen molar-refractivity contribution >= 4 is 5.69 Å². The maximum absolute atomic E-state index is 10.7. The summed E-state index contributed by atoms with van der Waals surface area (Å²) in [4.78, 5) is 10.2. The van der Waals surface area contributed by atoms with Gasteiger partial charge < -0.3 is 4.74 Å². The minimum absolute atomic E-state index is 0.114. The summed E-state index contributed by atoms with van der Waals surface area (Å²) in [5, 5.41) is 19.4. The van der Waals surface area contributed by atoms with Crippen molar-refractivity contribution in [2.45, 2.75) is 12.8 Å². The molecule has 5 heteroatoms. The van der Waals surface area contributed by atoms with Gasteiger partial charge in [0.05, 0.1) is 24.0 Å². The Morgan fingerprint density at radius 3 is 2.73 bits per heavy atom. The summed E-state index contributed by atoms with van der Waals surface area (Å²) < 4.78 is 4.85. The molecule has 0 aliphatic rings. The van der Waals surface area contributed by atoms with Gasteiger partial charge in [-0.2, -0.15) is 5.26 Å². The van der Waals surface area contributed by atoms with Gasteiger partial charge in [0.2, 0.25) is 0 Å². The molecule has 78 valence electrons. The Labute approximate surface area is 87.1 Å². The summed E-state index contributed by atoms with van der Waals surface area (Å²) in [6.45, 7) is 1.69. The quantitative estimate of drug-likeness (QED) is 0.561. The monoisotopic (exact) mass is 206 g/mol. The van der Waals surface area contributed by atoms with E-state index in [4.69, 9.17) is 10.00 Å². The zero-order valence-electron chi connectivity index (χ0n) is 8.43. The third-order valence-corrected chi connectivity index (χ3v) is 2.09. The van der Waals surface area contributed by atoms with Gasteiger partial charge in [-0.1, -0.05) is 6.07 Å². The minimum atomic E-state index is -0.521. The molecule has 0 aliphatic heterocycles. The first kappa shape index (κ1) is 11.0. The summed E-state index contributed by atoms with van der Waals surface area (Å²) in [6, 6.07) is 6.54. The van der Waals surface area contributed by atoms with E-state index in [1.807, 2.05) is 6.07 Å². The Morgan fingerprint density at radius 1 is 1.60 bits per heavy atom. The molecule has 1 unspecified atom stereocenters. The molecule has 0 aliphatic carbocycles. The van der Waals surface area contributed by atoms with Crippen molar-refractivity contribution in [3.8, 4) is 11.8 Å². The number of nitrogens with zero attached hydrogens (tertiary/aromatic N) is 2. The Hall–Kier alpha value is -2.09.